The van der Waals surface area contributed by atoms with Gasteiger partial charge in [0.1, 0.15) is 16.9 Å². The van der Waals surface area contributed by atoms with Gasteiger partial charge in [-0.25, -0.2) is 0 Å². The van der Waals surface area contributed by atoms with Crippen LogP contribution in [0.4, 0.5) is 0 Å². The average Bonchev–Trinajstić information content (AvgIpc) is 3.26. The van der Waals surface area contributed by atoms with Crippen molar-refractivity contribution in [3.8, 4) is 5.75 Å². The summed E-state index contributed by atoms with van der Waals surface area (Å²) in [5.74, 6) is 0.161. The summed E-state index contributed by atoms with van der Waals surface area (Å²) in [6.45, 7) is 0.684. The standard InChI is InChI=1S/C27H23N3O3S/c1-29(16-18-8-4-3-5-9-18)27(32)25-23(33-17-19-12-14-28-15-13-19)22-24(34-25)20-10-6-7-11-21(20)30(2)26(22)31/h3-15H,16-17H2,1-2H3. The number of thiophene rings is 1. The lowest BCUT2D eigenvalue weighted by molar-refractivity contribution is 0.0785. The zero-order valence-electron chi connectivity index (χ0n) is 18.9. The number of carbonyl (C=O) groups is 1. The van der Waals surface area contributed by atoms with E-state index in [1.807, 2.05) is 66.7 Å². The van der Waals surface area contributed by atoms with Gasteiger partial charge < -0.3 is 14.2 Å². The molecule has 2 aromatic carbocycles. The normalized spacial score (nSPS) is 11.1. The van der Waals surface area contributed by atoms with Gasteiger partial charge in [-0.1, -0.05) is 48.5 Å². The number of nitrogens with zero attached hydrogens (tertiary/aromatic N) is 3. The lowest BCUT2D eigenvalue weighted by Crippen LogP contribution is -2.26. The number of pyridine rings is 2. The number of benzene rings is 2. The average molecular weight is 470 g/mol. The van der Waals surface area contributed by atoms with Crippen molar-refractivity contribution >= 4 is 38.2 Å². The van der Waals surface area contributed by atoms with Crippen LogP contribution < -0.4 is 10.3 Å². The largest absolute Gasteiger partial charge is 0.486 e. The van der Waals surface area contributed by atoms with Gasteiger partial charge in [0, 0.05) is 38.4 Å². The Kier molecular flexibility index (Phi) is 5.86. The molecule has 1 amide bonds. The van der Waals surface area contributed by atoms with Gasteiger partial charge in [0.2, 0.25) is 0 Å². The lowest BCUT2D eigenvalue weighted by Gasteiger charge is -2.17. The van der Waals surface area contributed by atoms with Crippen LogP contribution in [-0.2, 0) is 20.2 Å². The Morgan fingerprint density at radius 3 is 2.47 bits per heavy atom. The molecule has 0 saturated carbocycles. The Morgan fingerprint density at radius 2 is 1.71 bits per heavy atom. The third-order valence-electron chi connectivity index (χ3n) is 5.83. The summed E-state index contributed by atoms with van der Waals surface area (Å²) < 4.78 is 8.59. The smallest absolute Gasteiger partial charge is 0.267 e. The number of rotatable bonds is 6. The number of aryl methyl sites for hydroxylation is 1. The monoisotopic (exact) mass is 469 g/mol. The number of para-hydroxylation sites is 1. The van der Waals surface area contributed by atoms with E-state index in [1.54, 1.807) is 36.0 Å². The molecule has 0 unspecified atom stereocenters. The van der Waals surface area contributed by atoms with Gasteiger partial charge in [-0.15, -0.1) is 11.3 Å². The van der Waals surface area contributed by atoms with Crippen molar-refractivity contribution in [3.63, 3.8) is 0 Å². The predicted octanol–water partition coefficient (Wildman–Crippen LogP) is 5.00. The fraction of sp³-hybridized carbons (Fsp3) is 0.148. The first-order valence-corrected chi connectivity index (χ1v) is 11.7. The maximum Gasteiger partial charge on any atom is 0.267 e. The molecule has 5 aromatic rings. The molecule has 0 radical (unpaired) electrons. The fourth-order valence-electron chi connectivity index (χ4n) is 4.05. The van der Waals surface area contributed by atoms with Crippen molar-refractivity contribution in [2.45, 2.75) is 13.2 Å². The molecule has 0 bridgehead atoms. The molecule has 3 aromatic heterocycles. The zero-order chi connectivity index (χ0) is 23.7. The maximum absolute atomic E-state index is 13.6. The van der Waals surface area contributed by atoms with Gasteiger partial charge in [-0.05, 0) is 29.3 Å². The topological polar surface area (TPSA) is 64.4 Å². The number of hydrogen-bond donors (Lipinski definition) is 0. The van der Waals surface area contributed by atoms with Gasteiger partial charge in [-0.2, -0.15) is 0 Å². The minimum Gasteiger partial charge on any atom is -0.486 e. The van der Waals surface area contributed by atoms with Crippen LogP contribution >= 0.6 is 11.3 Å². The third-order valence-corrected chi connectivity index (χ3v) is 7.02. The SMILES string of the molecule is CN(Cc1ccccc1)C(=O)c1sc2c(c1OCc1ccncc1)c(=O)n(C)c1ccccc21. The first-order valence-electron chi connectivity index (χ1n) is 10.9. The van der Waals surface area contributed by atoms with E-state index in [0.29, 0.717) is 22.6 Å². The maximum atomic E-state index is 13.6. The van der Waals surface area contributed by atoms with E-state index in [-0.39, 0.29) is 18.1 Å². The highest BCUT2D eigenvalue weighted by atomic mass is 32.1. The summed E-state index contributed by atoms with van der Waals surface area (Å²) in [4.78, 5) is 33.2. The van der Waals surface area contributed by atoms with Crippen LogP contribution in [0.3, 0.4) is 0 Å². The zero-order valence-corrected chi connectivity index (χ0v) is 19.7. The van der Waals surface area contributed by atoms with E-state index in [9.17, 15) is 9.59 Å². The molecule has 0 fully saturated rings. The molecule has 7 heteroatoms. The highest BCUT2D eigenvalue weighted by Gasteiger charge is 2.27. The van der Waals surface area contributed by atoms with E-state index in [1.165, 1.54) is 11.3 Å². The summed E-state index contributed by atoms with van der Waals surface area (Å²) in [7, 11) is 3.51. The molecule has 0 aliphatic rings. The van der Waals surface area contributed by atoms with Crippen molar-refractivity contribution in [2.24, 2.45) is 7.05 Å². The van der Waals surface area contributed by atoms with E-state index in [4.69, 9.17) is 4.74 Å². The summed E-state index contributed by atoms with van der Waals surface area (Å²) in [5, 5.41) is 1.36. The van der Waals surface area contributed by atoms with Crippen molar-refractivity contribution < 1.29 is 9.53 Å². The quantitative estimate of drug-likeness (QED) is 0.351. The van der Waals surface area contributed by atoms with Gasteiger partial charge in [0.15, 0.2) is 5.75 Å². The number of fused-ring (bicyclic) bond motifs is 3. The number of amides is 1. The van der Waals surface area contributed by atoms with Crippen molar-refractivity contribution in [2.75, 3.05) is 7.05 Å². The van der Waals surface area contributed by atoms with Gasteiger partial charge in [0.25, 0.3) is 11.5 Å². The molecule has 0 aliphatic carbocycles. The van der Waals surface area contributed by atoms with Crippen LogP contribution in [0.5, 0.6) is 5.75 Å². The molecule has 0 atom stereocenters. The van der Waals surface area contributed by atoms with Crippen molar-refractivity contribution in [1.82, 2.24) is 14.5 Å². The number of carbonyl (C=O) groups excluding carboxylic acids is 1. The van der Waals surface area contributed by atoms with Gasteiger partial charge in [0.05, 0.1) is 10.2 Å². The fourth-order valence-corrected chi connectivity index (χ4v) is 5.32. The van der Waals surface area contributed by atoms with Crippen LogP contribution in [-0.4, -0.2) is 27.4 Å². The summed E-state index contributed by atoms with van der Waals surface area (Å²) in [6.07, 6.45) is 3.38. The number of ether oxygens (including phenoxy) is 1. The minimum atomic E-state index is -0.181. The first kappa shape index (κ1) is 21.9. The predicted molar refractivity (Wildman–Crippen MR) is 135 cm³/mol. The second-order valence-electron chi connectivity index (χ2n) is 8.14. The molecule has 34 heavy (non-hydrogen) atoms. The molecule has 0 N–H and O–H groups in total. The van der Waals surface area contributed by atoms with Crippen molar-refractivity contribution in [3.05, 3.63) is 105 Å². The van der Waals surface area contributed by atoms with E-state index >= 15 is 0 Å². The summed E-state index contributed by atoms with van der Waals surface area (Å²) >= 11 is 1.32. The van der Waals surface area contributed by atoms with Crippen LogP contribution in [0.1, 0.15) is 20.8 Å². The Labute approximate surface area is 200 Å². The minimum absolute atomic E-state index is 0.180. The molecule has 170 valence electrons. The number of hydrogen-bond acceptors (Lipinski definition) is 5. The van der Waals surface area contributed by atoms with Crippen LogP contribution in [0.2, 0.25) is 0 Å². The Bertz CT molecular complexity index is 1540. The highest BCUT2D eigenvalue weighted by Crippen LogP contribution is 2.40. The number of aromatic nitrogens is 2. The molecule has 0 saturated heterocycles. The molecular formula is C27H23N3O3S. The van der Waals surface area contributed by atoms with E-state index in [0.717, 1.165) is 26.7 Å². The second kappa shape index (κ2) is 9.11. The van der Waals surface area contributed by atoms with Crippen molar-refractivity contribution in [1.29, 1.82) is 0 Å². The Morgan fingerprint density at radius 1 is 1.00 bits per heavy atom. The van der Waals surface area contributed by atoms with Crippen LogP contribution in [0, 0.1) is 0 Å². The summed E-state index contributed by atoms with van der Waals surface area (Å²) in [5.41, 5.74) is 2.57. The Balaban J connectivity index is 1.64. The molecule has 0 aliphatic heterocycles. The molecular weight excluding hydrogens is 446 g/mol. The Hall–Kier alpha value is -3.97. The third kappa shape index (κ3) is 3.95. The second-order valence-corrected chi connectivity index (χ2v) is 9.16. The molecule has 5 rings (SSSR count). The van der Waals surface area contributed by atoms with Crippen LogP contribution in [0.25, 0.3) is 21.0 Å². The summed E-state index contributed by atoms with van der Waals surface area (Å²) in [6, 6.07) is 21.3. The van der Waals surface area contributed by atoms with Crippen LogP contribution in [0.15, 0.2) is 83.9 Å². The molecule has 6 nitrogen and oxygen atoms in total. The molecule has 3 heterocycles. The van der Waals surface area contributed by atoms with Gasteiger partial charge in [-0.3, -0.25) is 14.6 Å². The highest BCUT2D eigenvalue weighted by molar-refractivity contribution is 7.22. The van der Waals surface area contributed by atoms with Gasteiger partial charge >= 0.3 is 0 Å². The van der Waals surface area contributed by atoms with E-state index in [2.05, 4.69) is 4.98 Å². The first-order chi connectivity index (χ1) is 16.5. The lowest BCUT2D eigenvalue weighted by atomic mass is 10.1. The van der Waals surface area contributed by atoms with E-state index < -0.39 is 0 Å². The molecule has 0 spiro atoms.